The number of imide groups is 1. The Balaban J connectivity index is 1.69. The lowest BCUT2D eigenvalue weighted by molar-refractivity contribution is -0.135. The third-order valence-corrected chi connectivity index (χ3v) is 5.31. The molecule has 2 fully saturated rings. The molecule has 5 amide bonds. The Labute approximate surface area is 185 Å². The van der Waals surface area contributed by atoms with Crippen molar-refractivity contribution in [3.8, 4) is 0 Å². The molecule has 1 atom stereocenters. The molecule has 3 rings (SSSR count). The number of aromatic amines is 1. The van der Waals surface area contributed by atoms with Gasteiger partial charge < -0.3 is 20.3 Å². The maximum atomic E-state index is 13.1. The number of rotatable bonds is 6. The maximum Gasteiger partial charge on any atom is 0.408 e. The lowest BCUT2D eigenvalue weighted by Crippen LogP contribution is -2.51. The van der Waals surface area contributed by atoms with Crippen molar-refractivity contribution in [3.63, 3.8) is 0 Å². The summed E-state index contributed by atoms with van der Waals surface area (Å²) in [4.78, 5) is 53.3. The normalized spacial score (nSPS) is 19.7. The number of hydrogen-bond acceptors (Lipinski definition) is 8. The Morgan fingerprint density at radius 2 is 1.88 bits per heavy atom. The average molecular weight is 451 g/mol. The molecule has 1 saturated heterocycles. The number of carbonyl (C=O) groups is 4. The minimum absolute atomic E-state index is 0.00163. The summed E-state index contributed by atoms with van der Waals surface area (Å²) < 4.78 is 5.13. The molecule has 13 heteroatoms. The monoisotopic (exact) mass is 450 g/mol. The topological polar surface area (TPSA) is 163 Å². The van der Waals surface area contributed by atoms with E-state index in [1.54, 1.807) is 25.7 Å². The van der Waals surface area contributed by atoms with Gasteiger partial charge in [-0.1, -0.05) is 24.5 Å². The van der Waals surface area contributed by atoms with Crippen LogP contribution in [0.15, 0.2) is 0 Å². The van der Waals surface area contributed by atoms with Crippen LogP contribution >= 0.6 is 0 Å². The summed E-state index contributed by atoms with van der Waals surface area (Å²) in [6, 6.07) is -1.56. The average Bonchev–Trinajstić information content (AvgIpc) is 3.37. The number of carbonyl (C=O) groups excluding carboxylic acids is 4. The first-order valence-corrected chi connectivity index (χ1v) is 10.8. The smallest absolute Gasteiger partial charge is 0.408 e. The van der Waals surface area contributed by atoms with Gasteiger partial charge in [0.2, 0.25) is 5.91 Å². The maximum absolute atomic E-state index is 13.1. The number of alkyl carbamates (subject to hydrolysis) is 1. The predicted octanol–water partition coefficient (Wildman–Crippen LogP) is 0.306. The van der Waals surface area contributed by atoms with E-state index in [0.29, 0.717) is 0 Å². The number of H-pyrrole nitrogens is 1. The van der Waals surface area contributed by atoms with E-state index in [2.05, 4.69) is 31.3 Å². The Morgan fingerprint density at radius 1 is 1.16 bits per heavy atom. The van der Waals surface area contributed by atoms with Crippen LogP contribution in [-0.4, -0.2) is 85.1 Å². The molecular formula is C19H30N8O5. The highest BCUT2D eigenvalue weighted by molar-refractivity contribution is 6.03. The van der Waals surface area contributed by atoms with E-state index in [1.807, 2.05) is 0 Å². The van der Waals surface area contributed by atoms with Crippen molar-refractivity contribution in [2.75, 3.05) is 13.1 Å². The number of nitrogens with one attached hydrogen (secondary N) is 3. The van der Waals surface area contributed by atoms with Gasteiger partial charge in [-0.3, -0.25) is 9.59 Å². The zero-order chi connectivity index (χ0) is 23.3. The third-order valence-electron chi connectivity index (χ3n) is 5.31. The summed E-state index contributed by atoms with van der Waals surface area (Å²) in [6.45, 7) is 4.73. The molecule has 1 aromatic heterocycles. The fourth-order valence-corrected chi connectivity index (χ4v) is 3.88. The summed E-state index contributed by atoms with van der Waals surface area (Å²) in [7, 11) is 0. The van der Waals surface area contributed by atoms with Crippen LogP contribution in [0.5, 0.6) is 0 Å². The van der Waals surface area contributed by atoms with E-state index in [1.165, 1.54) is 0 Å². The summed E-state index contributed by atoms with van der Waals surface area (Å²) >= 11 is 0. The van der Waals surface area contributed by atoms with E-state index in [9.17, 15) is 19.2 Å². The van der Waals surface area contributed by atoms with Crippen LogP contribution < -0.4 is 10.6 Å². The second-order valence-corrected chi connectivity index (χ2v) is 8.91. The van der Waals surface area contributed by atoms with E-state index in [0.717, 1.165) is 37.0 Å². The lowest BCUT2D eigenvalue weighted by atomic mass is 9.94. The van der Waals surface area contributed by atoms with Gasteiger partial charge in [0.1, 0.15) is 18.2 Å². The molecular weight excluding hydrogens is 420 g/mol. The molecule has 0 spiro atoms. The molecule has 2 aliphatic rings. The molecule has 176 valence electrons. The van der Waals surface area contributed by atoms with Gasteiger partial charge in [-0.15, -0.1) is 10.2 Å². The summed E-state index contributed by atoms with van der Waals surface area (Å²) in [5, 5.41) is 18.3. The highest BCUT2D eigenvalue weighted by atomic mass is 16.6. The molecule has 1 aliphatic heterocycles. The van der Waals surface area contributed by atoms with Gasteiger partial charge in [0.05, 0.1) is 13.1 Å². The molecule has 32 heavy (non-hydrogen) atoms. The van der Waals surface area contributed by atoms with Crippen LogP contribution in [0.2, 0.25) is 0 Å². The van der Waals surface area contributed by atoms with Crippen LogP contribution in [0.4, 0.5) is 9.59 Å². The van der Waals surface area contributed by atoms with Crippen molar-refractivity contribution < 1.29 is 23.9 Å². The van der Waals surface area contributed by atoms with E-state index < -0.39 is 42.1 Å². The van der Waals surface area contributed by atoms with Crippen LogP contribution in [0, 0.1) is 0 Å². The van der Waals surface area contributed by atoms with E-state index >= 15 is 0 Å². The summed E-state index contributed by atoms with van der Waals surface area (Å²) in [6.07, 6.45) is 3.99. The minimum Gasteiger partial charge on any atom is -0.444 e. The largest absolute Gasteiger partial charge is 0.444 e. The second-order valence-electron chi connectivity index (χ2n) is 8.91. The number of urea groups is 1. The van der Waals surface area contributed by atoms with Gasteiger partial charge in [-0.05, 0) is 33.6 Å². The van der Waals surface area contributed by atoms with E-state index in [4.69, 9.17) is 4.74 Å². The fourth-order valence-electron chi connectivity index (χ4n) is 3.88. The Hall–Kier alpha value is -3.25. The van der Waals surface area contributed by atoms with Crippen molar-refractivity contribution in [2.24, 2.45) is 0 Å². The molecule has 13 nitrogen and oxygen atoms in total. The third kappa shape index (κ3) is 5.92. The molecule has 1 aromatic rings. The first-order chi connectivity index (χ1) is 15.2. The van der Waals surface area contributed by atoms with Crippen LogP contribution in [0.25, 0.3) is 0 Å². The zero-order valence-corrected chi connectivity index (χ0v) is 18.6. The molecule has 1 aliphatic carbocycles. The van der Waals surface area contributed by atoms with Crippen molar-refractivity contribution in [2.45, 2.75) is 77.1 Å². The van der Waals surface area contributed by atoms with Gasteiger partial charge in [-0.2, -0.15) is 5.21 Å². The molecule has 0 unspecified atom stereocenters. The number of hydrogen-bond donors (Lipinski definition) is 3. The Kier molecular flexibility index (Phi) is 7.26. The van der Waals surface area contributed by atoms with Gasteiger partial charge >= 0.3 is 12.1 Å². The van der Waals surface area contributed by atoms with Crippen molar-refractivity contribution in [1.82, 2.24) is 41.1 Å². The quantitative estimate of drug-likeness (QED) is 0.557. The van der Waals surface area contributed by atoms with Crippen molar-refractivity contribution >= 4 is 23.9 Å². The molecule has 0 radical (unpaired) electrons. The van der Waals surface area contributed by atoms with Gasteiger partial charge in [0.15, 0.2) is 5.82 Å². The number of nitrogens with zero attached hydrogens (tertiary/aromatic N) is 5. The number of tetrazole rings is 1. The van der Waals surface area contributed by atoms with Crippen molar-refractivity contribution in [3.05, 3.63) is 5.82 Å². The summed E-state index contributed by atoms with van der Waals surface area (Å²) in [5.41, 5.74) is -0.730. The van der Waals surface area contributed by atoms with Gasteiger partial charge in [-0.25, -0.2) is 14.5 Å². The Morgan fingerprint density at radius 3 is 2.50 bits per heavy atom. The van der Waals surface area contributed by atoms with Crippen LogP contribution in [0.3, 0.4) is 0 Å². The highest BCUT2D eigenvalue weighted by Gasteiger charge is 2.47. The first-order valence-electron chi connectivity index (χ1n) is 10.8. The molecule has 0 aromatic carbocycles. The predicted molar refractivity (Wildman–Crippen MR) is 110 cm³/mol. The molecule has 2 heterocycles. The Bertz CT molecular complexity index is 831. The van der Waals surface area contributed by atoms with Crippen LogP contribution in [0.1, 0.15) is 58.7 Å². The summed E-state index contributed by atoms with van der Waals surface area (Å²) in [5.74, 6) is -0.915. The number of amides is 5. The molecule has 3 N–H and O–H groups in total. The highest BCUT2D eigenvalue weighted by Crippen LogP contribution is 2.28. The van der Waals surface area contributed by atoms with Gasteiger partial charge in [0.25, 0.3) is 5.91 Å². The standard InChI is InChI=1S/C19H30N8O5/c1-19(2,3)32-17(30)21-10-15(28)27-13(16(29)20-9-14-22-24-25-23-14)11-26(18(27)31)12-7-5-4-6-8-12/h12-13H,4-11H2,1-3H3,(H,20,29)(H,21,30)(H,22,23,24,25)/t13-/m0/s1. The second kappa shape index (κ2) is 9.92. The number of aromatic nitrogens is 4. The van der Waals surface area contributed by atoms with Crippen molar-refractivity contribution in [1.29, 1.82) is 0 Å². The molecule has 1 saturated carbocycles. The van der Waals surface area contributed by atoms with Crippen LogP contribution in [-0.2, 0) is 20.9 Å². The lowest BCUT2D eigenvalue weighted by Gasteiger charge is -2.30. The zero-order valence-electron chi connectivity index (χ0n) is 18.6. The number of ether oxygens (including phenoxy) is 1. The first kappa shape index (κ1) is 23.4. The fraction of sp³-hybridized carbons (Fsp3) is 0.737. The van der Waals surface area contributed by atoms with E-state index in [-0.39, 0.29) is 25.0 Å². The van der Waals surface area contributed by atoms with Gasteiger partial charge in [0, 0.05) is 6.04 Å². The molecule has 0 bridgehead atoms. The minimum atomic E-state index is -1.02. The SMILES string of the molecule is CC(C)(C)OC(=O)NCC(=O)N1C(=O)N(C2CCCCC2)C[C@H]1C(=O)NCc1nn[nH]n1.